The van der Waals surface area contributed by atoms with Gasteiger partial charge in [-0.15, -0.1) is 0 Å². The molecule has 1 amide bonds. The second-order valence-electron chi connectivity index (χ2n) is 7.76. The van der Waals surface area contributed by atoms with Crippen LogP contribution in [-0.2, 0) is 17.8 Å². The number of nitrogens with zero attached hydrogens (tertiary/aromatic N) is 2. The highest BCUT2D eigenvalue weighted by Crippen LogP contribution is 2.21. The monoisotopic (exact) mass is 521 g/mol. The molecule has 0 saturated heterocycles. The number of carbonyl (C=O) groups excluding carboxylic acids is 1. The van der Waals surface area contributed by atoms with Crippen molar-refractivity contribution in [3.05, 3.63) is 104 Å². The minimum Gasteiger partial charge on any atom is -0.342 e. The molecule has 0 aliphatic carbocycles. The zero-order chi connectivity index (χ0) is 21.8. The molecular formula is C26H24IN3O. The Morgan fingerprint density at radius 1 is 1.06 bits per heavy atom. The summed E-state index contributed by atoms with van der Waals surface area (Å²) in [6, 6.07) is 22.9. The Morgan fingerprint density at radius 2 is 1.84 bits per heavy atom. The van der Waals surface area contributed by atoms with Crippen LogP contribution in [0.3, 0.4) is 0 Å². The fourth-order valence-corrected chi connectivity index (χ4v) is 4.09. The maximum atomic E-state index is 12.3. The van der Waals surface area contributed by atoms with Gasteiger partial charge >= 0.3 is 0 Å². The summed E-state index contributed by atoms with van der Waals surface area (Å²) < 4.78 is 3.44. The lowest BCUT2D eigenvalue weighted by Crippen LogP contribution is -2.20. The van der Waals surface area contributed by atoms with E-state index in [2.05, 4.69) is 93.3 Å². The minimum atomic E-state index is -0.120. The maximum Gasteiger partial charge on any atom is 0.244 e. The number of aromatic nitrogens is 1. The lowest BCUT2D eigenvalue weighted by molar-refractivity contribution is -0.120. The topological polar surface area (TPSA) is 46.4 Å². The predicted octanol–water partition coefficient (Wildman–Crippen LogP) is 5.60. The van der Waals surface area contributed by atoms with Crippen LogP contribution in [0.2, 0.25) is 0 Å². The van der Waals surface area contributed by atoms with E-state index in [-0.39, 0.29) is 5.91 Å². The third-order valence-corrected chi connectivity index (χ3v) is 6.05. The number of carbonyl (C=O) groups is 1. The first-order chi connectivity index (χ1) is 15.0. The van der Waals surface area contributed by atoms with E-state index in [0.29, 0.717) is 6.42 Å². The van der Waals surface area contributed by atoms with Crippen LogP contribution in [0.5, 0.6) is 0 Å². The highest BCUT2D eigenvalue weighted by atomic mass is 127. The van der Waals surface area contributed by atoms with Crippen molar-refractivity contribution in [3.63, 3.8) is 0 Å². The van der Waals surface area contributed by atoms with Gasteiger partial charge in [0.15, 0.2) is 0 Å². The Bertz CT molecular complexity index is 1260. The van der Waals surface area contributed by atoms with Gasteiger partial charge in [-0.3, -0.25) is 4.79 Å². The highest BCUT2D eigenvalue weighted by Gasteiger charge is 2.08. The molecule has 0 atom stereocenters. The van der Waals surface area contributed by atoms with Gasteiger partial charge in [-0.25, -0.2) is 5.43 Å². The van der Waals surface area contributed by atoms with Crippen molar-refractivity contribution in [2.45, 2.75) is 26.8 Å². The number of hydrogen-bond acceptors (Lipinski definition) is 2. The molecule has 0 fully saturated rings. The summed E-state index contributed by atoms with van der Waals surface area (Å²) in [5.74, 6) is -0.120. The molecule has 0 aliphatic heterocycles. The molecule has 1 heterocycles. The summed E-state index contributed by atoms with van der Waals surface area (Å²) in [6.45, 7) is 4.86. The van der Waals surface area contributed by atoms with Crippen LogP contribution < -0.4 is 5.43 Å². The predicted molar refractivity (Wildman–Crippen MR) is 136 cm³/mol. The third-order valence-electron chi connectivity index (χ3n) is 5.33. The van der Waals surface area contributed by atoms with Gasteiger partial charge in [-0.2, -0.15) is 5.10 Å². The first kappa shape index (κ1) is 21.3. The Kier molecular flexibility index (Phi) is 6.51. The number of fused-ring (bicyclic) bond motifs is 1. The maximum absolute atomic E-state index is 12.3. The SMILES string of the molecule is Cc1ccc(CC(=O)N/N=C\c2cn(Cc3ccc(I)cc3)c3ccccc23)c(C)c1. The van der Waals surface area contributed by atoms with E-state index < -0.39 is 0 Å². The smallest absolute Gasteiger partial charge is 0.244 e. The van der Waals surface area contributed by atoms with Crippen molar-refractivity contribution in [3.8, 4) is 0 Å². The first-order valence-electron chi connectivity index (χ1n) is 10.2. The van der Waals surface area contributed by atoms with E-state index in [9.17, 15) is 4.79 Å². The number of para-hydroxylation sites is 1. The van der Waals surface area contributed by atoms with Crippen LogP contribution in [-0.4, -0.2) is 16.7 Å². The van der Waals surface area contributed by atoms with Crippen molar-refractivity contribution in [1.82, 2.24) is 9.99 Å². The standard InChI is InChI=1S/C26H24IN3O/c1-18-7-10-21(19(2)13-18)14-26(31)29-28-15-22-17-30(25-6-4-3-5-24(22)25)16-20-8-11-23(27)12-9-20/h3-13,15,17H,14,16H2,1-2H3,(H,29,31)/b28-15-. The van der Waals surface area contributed by atoms with E-state index >= 15 is 0 Å². The van der Waals surface area contributed by atoms with Crippen molar-refractivity contribution < 1.29 is 4.79 Å². The number of hydrogen-bond donors (Lipinski definition) is 1. The van der Waals surface area contributed by atoms with Crippen molar-refractivity contribution >= 4 is 45.6 Å². The van der Waals surface area contributed by atoms with Crippen molar-refractivity contribution in [2.75, 3.05) is 0 Å². The van der Waals surface area contributed by atoms with Crippen molar-refractivity contribution in [1.29, 1.82) is 0 Å². The van der Waals surface area contributed by atoms with E-state index in [1.165, 1.54) is 14.7 Å². The summed E-state index contributed by atoms with van der Waals surface area (Å²) in [7, 11) is 0. The molecule has 0 radical (unpaired) electrons. The molecule has 4 nitrogen and oxygen atoms in total. The molecule has 0 aliphatic rings. The van der Waals surface area contributed by atoms with Gasteiger partial charge in [0.05, 0.1) is 12.6 Å². The van der Waals surface area contributed by atoms with Gasteiger partial charge in [0.2, 0.25) is 5.91 Å². The minimum absolute atomic E-state index is 0.120. The lowest BCUT2D eigenvalue weighted by atomic mass is 10.0. The second kappa shape index (κ2) is 9.47. The molecule has 31 heavy (non-hydrogen) atoms. The Balaban J connectivity index is 1.49. The van der Waals surface area contributed by atoms with Gasteiger partial charge in [-0.05, 0) is 71.3 Å². The molecule has 0 bridgehead atoms. The number of halogens is 1. The molecule has 1 aromatic heterocycles. The first-order valence-corrected chi connectivity index (χ1v) is 11.3. The number of rotatable bonds is 6. The van der Waals surface area contributed by atoms with Crippen LogP contribution in [0.25, 0.3) is 10.9 Å². The summed E-state index contributed by atoms with van der Waals surface area (Å²) in [5.41, 5.74) is 9.38. The fraction of sp³-hybridized carbons (Fsp3) is 0.154. The molecule has 3 aromatic carbocycles. The summed E-state index contributed by atoms with van der Waals surface area (Å²) >= 11 is 2.32. The van der Waals surface area contributed by atoms with E-state index in [1.807, 2.05) is 31.2 Å². The zero-order valence-electron chi connectivity index (χ0n) is 17.6. The van der Waals surface area contributed by atoms with Gasteiger partial charge in [0.1, 0.15) is 0 Å². The van der Waals surface area contributed by atoms with Crippen LogP contribution >= 0.6 is 22.6 Å². The molecule has 1 N–H and O–H groups in total. The Labute approximate surface area is 196 Å². The lowest BCUT2D eigenvalue weighted by Gasteiger charge is -2.05. The Morgan fingerprint density at radius 3 is 2.61 bits per heavy atom. The Hall–Kier alpha value is -2.93. The normalized spacial score (nSPS) is 11.3. The number of aryl methyl sites for hydroxylation is 2. The average Bonchev–Trinajstić information content (AvgIpc) is 3.09. The summed E-state index contributed by atoms with van der Waals surface area (Å²) in [4.78, 5) is 12.3. The molecule has 0 unspecified atom stereocenters. The van der Waals surface area contributed by atoms with Gasteiger partial charge < -0.3 is 4.57 Å². The molecule has 0 spiro atoms. The van der Waals surface area contributed by atoms with E-state index in [1.54, 1.807) is 6.21 Å². The van der Waals surface area contributed by atoms with E-state index in [4.69, 9.17) is 0 Å². The summed E-state index contributed by atoms with van der Waals surface area (Å²) in [5, 5.41) is 5.34. The number of nitrogens with one attached hydrogen (secondary N) is 1. The van der Waals surface area contributed by atoms with Crippen LogP contribution in [0, 0.1) is 17.4 Å². The molecule has 5 heteroatoms. The number of benzene rings is 3. The van der Waals surface area contributed by atoms with Gasteiger partial charge in [0.25, 0.3) is 0 Å². The van der Waals surface area contributed by atoms with Crippen molar-refractivity contribution in [2.24, 2.45) is 5.10 Å². The van der Waals surface area contributed by atoms with Crippen LogP contribution in [0.15, 0.2) is 78.0 Å². The zero-order valence-corrected chi connectivity index (χ0v) is 19.8. The molecule has 0 saturated carbocycles. The third kappa shape index (κ3) is 5.22. The van der Waals surface area contributed by atoms with Crippen LogP contribution in [0.4, 0.5) is 0 Å². The van der Waals surface area contributed by atoms with Gasteiger partial charge in [0, 0.05) is 32.8 Å². The molecule has 156 valence electrons. The highest BCUT2D eigenvalue weighted by molar-refractivity contribution is 14.1. The largest absolute Gasteiger partial charge is 0.342 e. The quantitative estimate of drug-likeness (QED) is 0.200. The molecular weight excluding hydrogens is 497 g/mol. The van der Waals surface area contributed by atoms with Gasteiger partial charge in [-0.1, -0.05) is 54.1 Å². The molecule has 4 rings (SSSR count). The van der Waals surface area contributed by atoms with Crippen LogP contribution in [0.1, 0.15) is 27.8 Å². The second-order valence-corrected chi connectivity index (χ2v) is 9.00. The summed E-state index contributed by atoms with van der Waals surface area (Å²) in [6.07, 6.45) is 4.13. The number of amides is 1. The fourth-order valence-electron chi connectivity index (χ4n) is 3.73. The van der Waals surface area contributed by atoms with E-state index in [0.717, 1.165) is 34.1 Å². The average molecular weight is 521 g/mol. The molecule has 4 aromatic rings. The number of hydrazone groups is 1.